The average molecular weight is 281 g/mol. The number of aromatic nitrogens is 1. The van der Waals surface area contributed by atoms with Gasteiger partial charge in [0.1, 0.15) is 0 Å². The van der Waals surface area contributed by atoms with Crippen LogP contribution in [0.5, 0.6) is 0 Å². The molecule has 1 N–H and O–H groups in total. The number of pyridine rings is 1. The van der Waals surface area contributed by atoms with Crippen molar-refractivity contribution in [3.05, 3.63) is 66.0 Å². The first-order valence-electron chi connectivity index (χ1n) is 7.27. The van der Waals surface area contributed by atoms with E-state index in [9.17, 15) is 4.79 Å². The van der Waals surface area contributed by atoms with Crippen molar-refractivity contribution < 1.29 is 4.79 Å². The molecule has 0 bridgehead atoms. The maximum absolute atomic E-state index is 11.9. The molecule has 1 aromatic carbocycles. The van der Waals surface area contributed by atoms with Crippen LogP contribution >= 0.6 is 0 Å². The van der Waals surface area contributed by atoms with E-state index < -0.39 is 0 Å². The van der Waals surface area contributed by atoms with Crippen LogP contribution in [0.3, 0.4) is 0 Å². The topological polar surface area (TPSA) is 45.2 Å². The molecule has 1 aromatic heterocycles. The first kappa shape index (κ1) is 13.8. The van der Waals surface area contributed by atoms with Gasteiger partial charge in [-0.15, -0.1) is 0 Å². The predicted octanol–water partition coefficient (Wildman–Crippen LogP) is 2.14. The normalized spacial score (nSPS) is 19.8. The summed E-state index contributed by atoms with van der Waals surface area (Å²) >= 11 is 0. The minimum Gasteiger partial charge on any atom is -0.355 e. The van der Waals surface area contributed by atoms with Crippen LogP contribution in [-0.2, 0) is 11.3 Å². The molecule has 1 atom stereocenters. The molecule has 2 aromatic rings. The van der Waals surface area contributed by atoms with Gasteiger partial charge in [0.15, 0.2) is 0 Å². The van der Waals surface area contributed by atoms with Crippen LogP contribution in [0.15, 0.2) is 54.9 Å². The second-order valence-electron chi connectivity index (χ2n) is 5.31. The Bertz CT molecular complexity index is 585. The van der Waals surface area contributed by atoms with E-state index >= 15 is 0 Å². The molecule has 4 nitrogen and oxygen atoms in total. The van der Waals surface area contributed by atoms with E-state index in [1.54, 1.807) is 6.20 Å². The van der Waals surface area contributed by atoms with Crippen molar-refractivity contribution in [2.24, 2.45) is 0 Å². The number of nitrogens with zero attached hydrogens (tertiary/aromatic N) is 2. The molecule has 0 saturated carbocycles. The summed E-state index contributed by atoms with van der Waals surface area (Å²) < 4.78 is 0. The van der Waals surface area contributed by atoms with E-state index in [0.717, 1.165) is 13.1 Å². The predicted molar refractivity (Wildman–Crippen MR) is 81.5 cm³/mol. The monoisotopic (exact) mass is 281 g/mol. The second-order valence-corrected chi connectivity index (χ2v) is 5.31. The minimum absolute atomic E-state index is 0.119. The summed E-state index contributed by atoms with van der Waals surface area (Å²) in [6.45, 7) is 2.35. The number of hydrogen-bond acceptors (Lipinski definition) is 3. The van der Waals surface area contributed by atoms with E-state index in [1.807, 2.05) is 30.5 Å². The molecule has 0 radical (unpaired) electrons. The number of carbonyl (C=O) groups is 1. The van der Waals surface area contributed by atoms with Gasteiger partial charge in [-0.05, 0) is 17.2 Å². The molecule has 1 aliphatic rings. The summed E-state index contributed by atoms with van der Waals surface area (Å²) in [7, 11) is 0. The van der Waals surface area contributed by atoms with Gasteiger partial charge in [-0.2, -0.15) is 0 Å². The fraction of sp³-hybridized carbons (Fsp3) is 0.294. The van der Waals surface area contributed by atoms with Crippen molar-refractivity contribution in [2.75, 3.05) is 13.1 Å². The highest BCUT2D eigenvalue weighted by atomic mass is 16.1. The van der Waals surface area contributed by atoms with Crippen molar-refractivity contribution in [2.45, 2.75) is 19.0 Å². The zero-order valence-electron chi connectivity index (χ0n) is 11.9. The van der Waals surface area contributed by atoms with E-state index in [0.29, 0.717) is 13.0 Å². The molecule has 1 fully saturated rings. The van der Waals surface area contributed by atoms with Crippen LogP contribution < -0.4 is 5.32 Å². The number of hydrogen-bond donors (Lipinski definition) is 1. The zero-order valence-corrected chi connectivity index (χ0v) is 11.9. The third kappa shape index (κ3) is 3.47. The SMILES string of the molecule is O=C1CC(c2ccccc2)N(Cc2cccnc2)CCN1. The summed E-state index contributed by atoms with van der Waals surface area (Å²) in [5.74, 6) is 0.123. The highest BCUT2D eigenvalue weighted by Gasteiger charge is 2.26. The molecule has 21 heavy (non-hydrogen) atoms. The quantitative estimate of drug-likeness (QED) is 0.937. The first-order chi connectivity index (χ1) is 10.3. The van der Waals surface area contributed by atoms with Crippen molar-refractivity contribution in [3.63, 3.8) is 0 Å². The van der Waals surface area contributed by atoms with Crippen molar-refractivity contribution >= 4 is 5.91 Å². The summed E-state index contributed by atoms with van der Waals surface area (Å²) in [6, 6.07) is 14.4. The Balaban J connectivity index is 1.85. The van der Waals surface area contributed by atoms with Gasteiger partial charge in [-0.25, -0.2) is 0 Å². The van der Waals surface area contributed by atoms with Gasteiger partial charge in [0.05, 0.1) is 0 Å². The molecule has 1 unspecified atom stereocenters. The molecule has 108 valence electrons. The molecule has 1 saturated heterocycles. The standard InChI is InChI=1S/C17H19N3O/c21-17-11-16(15-6-2-1-3-7-15)20(10-9-19-17)13-14-5-4-8-18-12-14/h1-8,12,16H,9-11,13H2,(H,19,21). The van der Waals surface area contributed by atoms with Gasteiger partial charge in [0.2, 0.25) is 5.91 Å². The molecule has 1 aliphatic heterocycles. The Morgan fingerprint density at radius 3 is 2.81 bits per heavy atom. The number of rotatable bonds is 3. The van der Waals surface area contributed by atoms with Crippen LogP contribution in [0.2, 0.25) is 0 Å². The minimum atomic E-state index is 0.119. The Morgan fingerprint density at radius 1 is 1.19 bits per heavy atom. The number of amides is 1. The third-order valence-electron chi connectivity index (χ3n) is 3.83. The fourth-order valence-electron chi connectivity index (χ4n) is 2.79. The number of benzene rings is 1. The van der Waals surface area contributed by atoms with E-state index in [1.165, 1.54) is 11.1 Å². The van der Waals surface area contributed by atoms with E-state index in [2.05, 4.69) is 33.4 Å². The van der Waals surface area contributed by atoms with Gasteiger partial charge in [-0.1, -0.05) is 36.4 Å². The average Bonchev–Trinajstić information content (AvgIpc) is 2.71. The molecule has 3 rings (SSSR count). The lowest BCUT2D eigenvalue weighted by molar-refractivity contribution is -0.121. The maximum Gasteiger partial charge on any atom is 0.221 e. The fourth-order valence-corrected chi connectivity index (χ4v) is 2.79. The molecule has 4 heteroatoms. The highest BCUT2D eigenvalue weighted by Crippen LogP contribution is 2.27. The van der Waals surface area contributed by atoms with Gasteiger partial charge < -0.3 is 5.32 Å². The highest BCUT2D eigenvalue weighted by molar-refractivity contribution is 5.77. The van der Waals surface area contributed by atoms with Gasteiger partial charge in [-0.3, -0.25) is 14.7 Å². The number of nitrogens with one attached hydrogen (secondary N) is 1. The molecule has 2 heterocycles. The zero-order chi connectivity index (χ0) is 14.5. The summed E-state index contributed by atoms with van der Waals surface area (Å²) in [5, 5.41) is 2.96. The Kier molecular flexibility index (Phi) is 4.26. The maximum atomic E-state index is 11.9. The Morgan fingerprint density at radius 2 is 2.05 bits per heavy atom. The first-order valence-corrected chi connectivity index (χ1v) is 7.27. The smallest absolute Gasteiger partial charge is 0.221 e. The van der Waals surface area contributed by atoms with Gasteiger partial charge >= 0.3 is 0 Å². The van der Waals surface area contributed by atoms with E-state index in [-0.39, 0.29) is 11.9 Å². The molecular weight excluding hydrogens is 262 g/mol. The lowest BCUT2D eigenvalue weighted by Crippen LogP contribution is -2.30. The van der Waals surface area contributed by atoms with Gasteiger partial charge in [0.25, 0.3) is 0 Å². The molecule has 0 aliphatic carbocycles. The molecule has 0 spiro atoms. The van der Waals surface area contributed by atoms with Crippen molar-refractivity contribution in [1.82, 2.24) is 15.2 Å². The Labute approximate surface area is 124 Å². The number of carbonyl (C=O) groups excluding carboxylic acids is 1. The van der Waals surface area contributed by atoms with Crippen LogP contribution in [0.25, 0.3) is 0 Å². The Hall–Kier alpha value is -2.20. The molecular formula is C17H19N3O. The van der Waals surface area contributed by atoms with Gasteiger partial charge in [0, 0.05) is 44.5 Å². The lowest BCUT2D eigenvalue weighted by atomic mass is 10.0. The summed E-state index contributed by atoms with van der Waals surface area (Å²) in [5.41, 5.74) is 2.37. The second kappa shape index (κ2) is 6.50. The van der Waals surface area contributed by atoms with Crippen LogP contribution in [-0.4, -0.2) is 28.9 Å². The summed E-state index contributed by atoms with van der Waals surface area (Å²) in [6.07, 6.45) is 4.18. The summed E-state index contributed by atoms with van der Waals surface area (Å²) in [4.78, 5) is 18.4. The van der Waals surface area contributed by atoms with E-state index in [4.69, 9.17) is 0 Å². The third-order valence-corrected chi connectivity index (χ3v) is 3.83. The van der Waals surface area contributed by atoms with Crippen LogP contribution in [0, 0.1) is 0 Å². The van der Waals surface area contributed by atoms with Crippen LogP contribution in [0.1, 0.15) is 23.6 Å². The van der Waals surface area contributed by atoms with Crippen molar-refractivity contribution in [1.29, 1.82) is 0 Å². The van der Waals surface area contributed by atoms with Crippen molar-refractivity contribution in [3.8, 4) is 0 Å². The van der Waals surface area contributed by atoms with Crippen LogP contribution in [0.4, 0.5) is 0 Å². The lowest BCUT2D eigenvalue weighted by Gasteiger charge is -2.29. The molecule has 1 amide bonds. The largest absolute Gasteiger partial charge is 0.355 e.